The van der Waals surface area contributed by atoms with Crippen molar-refractivity contribution in [2.24, 2.45) is 10.9 Å². The number of rotatable bonds is 8. The van der Waals surface area contributed by atoms with Gasteiger partial charge in [0.1, 0.15) is 0 Å². The monoisotopic (exact) mass is 436 g/mol. The second kappa shape index (κ2) is 12.2. The predicted molar refractivity (Wildman–Crippen MR) is 105 cm³/mol. The Kier molecular flexibility index (Phi) is 11.5. The van der Waals surface area contributed by atoms with E-state index >= 15 is 0 Å². The summed E-state index contributed by atoms with van der Waals surface area (Å²) in [6, 6.07) is 1.78. The molecule has 1 rings (SSSR count). The van der Waals surface area contributed by atoms with Crippen molar-refractivity contribution in [3.8, 4) is 0 Å². The van der Waals surface area contributed by atoms with Gasteiger partial charge in [-0.3, -0.25) is 9.79 Å². The van der Waals surface area contributed by atoms with Gasteiger partial charge in [-0.05, 0) is 31.7 Å². The topological polar surface area (TPSA) is 78.7 Å². The summed E-state index contributed by atoms with van der Waals surface area (Å²) in [6.45, 7) is 8.49. The Bertz CT molecular complexity index is 486. The maximum absolute atomic E-state index is 11.8. The molecule has 3 N–H and O–H groups in total. The number of carbonyl (C=O) groups excluding carboxylic acids is 1. The van der Waals surface area contributed by atoms with Crippen LogP contribution in [-0.4, -0.2) is 38.5 Å². The molecule has 6 nitrogen and oxygen atoms in total. The van der Waals surface area contributed by atoms with Gasteiger partial charge in [0.05, 0.1) is 6.26 Å². The van der Waals surface area contributed by atoms with E-state index in [1.54, 1.807) is 13.1 Å². The van der Waals surface area contributed by atoms with Gasteiger partial charge in [-0.2, -0.15) is 0 Å². The Morgan fingerprint density at radius 3 is 2.43 bits per heavy atom. The lowest BCUT2D eigenvalue weighted by atomic mass is 10.1. The molecule has 1 aromatic heterocycles. The van der Waals surface area contributed by atoms with Crippen molar-refractivity contribution in [1.82, 2.24) is 16.0 Å². The van der Waals surface area contributed by atoms with E-state index in [0.717, 1.165) is 37.5 Å². The second-order valence-electron chi connectivity index (χ2n) is 5.65. The average molecular weight is 436 g/mol. The number of amides is 1. The lowest BCUT2D eigenvalue weighted by molar-refractivity contribution is 0.0925. The Balaban J connectivity index is 0.00000484. The summed E-state index contributed by atoms with van der Waals surface area (Å²) in [5.41, 5.74) is 0.852. The van der Waals surface area contributed by atoms with Crippen molar-refractivity contribution in [1.29, 1.82) is 0 Å². The molecule has 0 fully saturated rings. The van der Waals surface area contributed by atoms with Crippen molar-refractivity contribution in [2.75, 3.05) is 26.7 Å². The third-order valence-electron chi connectivity index (χ3n) is 3.24. The number of aliphatic imine (C=N–C) groups is 1. The number of hydrogen-bond acceptors (Lipinski definition) is 3. The fourth-order valence-corrected chi connectivity index (χ4v) is 1.88. The quantitative estimate of drug-likeness (QED) is 0.253. The number of nitrogens with zero attached hydrogens (tertiary/aromatic N) is 1. The Labute approximate surface area is 155 Å². The van der Waals surface area contributed by atoms with Crippen LogP contribution < -0.4 is 16.0 Å². The Morgan fingerprint density at radius 1 is 1.22 bits per heavy atom. The minimum absolute atomic E-state index is 0. The summed E-state index contributed by atoms with van der Waals surface area (Å²) in [4.78, 5) is 16.0. The molecule has 0 aliphatic rings. The van der Waals surface area contributed by atoms with Crippen LogP contribution in [0.15, 0.2) is 21.7 Å². The number of furan rings is 1. The summed E-state index contributed by atoms with van der Waals surface area (Å²) >= 11 is 0. The van der Waals surface area contributed by atoms with Gasteiger partial charge < -0.3 is 20.4 Å². The van der Waals surface area contributed by atoms with Gasteiger partial charge in [0.25, 0.3) is 5.91 Å². The van der Waals surface area contributed by atoms with E-state index in [-0.39, 0.29) is 29.9 Å². The summed E-state index contributed by atoms with van der Waals surface area (Å²) in [7, 11) is 1.76. The molecule has 23 heavy (non-hydrogen) atoms. The summed E-state index contributed by atoms with van der Waals surface area (Å²) in [6.07, 6.45) is 3.45. The molecule has 0 atom stereocenters. The zero-order chi connectivity index (χ0) is 16.4. The van der Waals surface area contributed by atoms with Gasteiger partial charge in [0, 0.05) is 32.2 Å². The van der Waals surface area contributed by atoms with Crippen LogP contribution in [0.4, 0.5) is 0 Å². The maximum atomic E-state index is 11.8. The van der Waals surface area contributed by atoms with Crippen LogP contribution in [0.25, 0.3) is 0 Å². The summed E-state index contributed by atoms with van der Waals surface area (Å²) in [5.74, 6) is 1.70. The zero-order valence-corrected chi connectivity index (χ0v) is 16.8. The van der Waals surface area contributed by atoms with Crippen molar-refractivity contribution in [3.05, 3.63) is 23.7 Å². The number of guanidine groups is 1. The lowest BCUT2D eigenvalue weighted by Crippen LogP contribution is -2.39. The first-order valence-electron chi connectivity index (χ1n) is 7.81. The molecule has 1 amide bonds. The number of hydrogen-bond donors (Lipinski definition) is 3. The van der Waals surface area contributed by atoms with Gasteiger partial charge in [-0.25, -0.2) is 0 Å². The summed E-state index contributed by atoms with van der Waals surface area (Å²) < 4.78 is 5.15. The standard InChI is InChI=1S/C16H28N4O2.HI/c1-12(2)6-10-20-16(17-4)19-9-5-8-18-15(21)14-13(3)7-11-22-14;/h7,11-12H,5-6,8-10H2,1-4H3,(H,18,21)(H2,17,19,20);1H. The molecular weight excluding hydrogens is 407 g/mol. The van der Waals surface area contributed by atoms with Gasteiger partial charge in [0.2, 0.25) is 0 Å². The first-order chi connectivity index (χ1) is 10.5. The van der Waals surface area contributed by atoms with Gasteiger partial charge in [0.15, 0.2) is 11.7 Å². The van der Waals surface area contributed by atoms with Crippen molar-refractivity contribution >= 4 is 35.8 Å². The number of carbonyl (C=O) groups is 1. The Morgan fingerprint density at radius 2 is 1.87 bits per heavy atom. The first kappa shape index (κ1) is 21.8. The van der Waals surface area contributed by atoms with E-state index in [2.05, 4.69) is 34.8 Å². The van der Waals surface area contributed by atoms with Gasteiger partial charge in [-0.1, -0.05) is 13.8 Å². The predicted octanol–water partition coefficient (Wildman–Crippen LogP) is 2.54. The van der Waals surface area contributed by atoms with E-state index in [4.69, 9.17) is 4.42 Å². The zero-order valence-electron chi connectivity index (χ0n) is 14.4. The van der Waals surface area contributed by atoms with Crippen molar-refractivity contribution < 1.29 is 9.21 Å². The number of nitrogens with one attached hydrogen (secondary N) is 3. The van der Waals surface area contributed by atoms with E-state index in [1.165, 1.54) is 6.26 Å². The van der Waals surface area contributed by atoms with Crippen LogP contribution in [0.5, 0.6) is 0 Å². The summed E-state index contributed by atoms with van der Waals surface area (Å²) in [5, 5.41) is 9.34. The molecule has 0 spiro atoms. The van der Waals surface area contributed by atoms with Crippen molar-refractivity contribution in [3.63, 3.8) is 0 Å². The number of aryl methyl sites for hydroxylation is 1. The van der Waals surface area contributed by atoms with Crippen LogP contribution in [0, 0.1) is 12.8 Å². The minimum atomic E-state index is -0.165. The molecule has 132 valence electrons. The highest BCUT2D eigenvalue weighted by Crippen LogP contribution is 2.07. The molecule has 0 aromatic carbocycles. The van der Waals surface area contributed by atoms with Crippen LogP contribution in [0.1, 0.15) is 42.8 Å². The highest BCUT2D eigenvalue weighted by atomic mass is 127. The van der Waals surface area contributed by atoms with Gasteiger partial charge >= 0.3 is 0 Å². The molecule has 0 saturated carbocycles. The van der Waals surface area contributed by atoms with Crippen LogP contribution in [-0.2, 0) is 0 Å². The van der Waals surface area contributed by atoms with E-state index < -0.39 is 0 Å². The third-order valence-corrected chi connectivity index (χ3v) is 3.24. The normalized spacial score (nSPS) is 11.1. The van der Waals surface area contributed by atoms with E-state index in [1.807, 2.05) is 6.92 Å². The molecule has 0 bridgehead atoms. The Hall–Kier alpha value is -1.25. The fourth-order valence-electron chi connectivity index (χ4n) is 1.88. The average Bonchev–Trinajstić information content (AvgIpc) is 2.90. The van der Waals surface area contributed by atoms with E-state index in [9.17, 15) is 4.79 Å². The second-order valence-corrected chi connectivity index (χ2v) is 5.65. The molecule has 0 aliphatic carbocycles. The molecule has 7 heteroatoms. The molecule has 0 saturated heterocycles. The van der Waals surface area contributed by atoms with Crippen LogP contribution in [0.3, 0.4) is 0 Å². The SMILES string of the molecule is CN=C(NCCCNC(=O)c1occc1C)NCCC(C)C.I. The lowest BCUT2D eigenvalue weighted by Gasteiger charge is -2.12. The largest absolute Gasteiger partial charge is 0.459 e. The van der Waals surface area contributed by atoms with Gasteiger partial charge in [-0.15, -0.1) is 24.0 Å². The highest BCUT2D eigenvalue weighted by molar-refractivity contribution is 14.0. The van der Waals surface area contributed by atoms with E-state index in [0.29, 0.717) is 18.2 Å². The van der Waals surface area contributed by atoms with Crippen LogP contribution in [0.2, 0.25) is 0 Å². The fraction of sp³-hybridized carbons (Fsp3) is 0.625. The molecule has 1 aromatic rings. The molecular formula is C16H29IN4O2. The minimum Gasteiger partial charge on any atom is -0.459 e. The highest BCUT2D eigenvalue weighted by Gasteiger charge is 2.11. The first-order valence-corrected chi connectivity index (χ1v) is 7.81. The smallest absolute Gasteiger partial charge is 0.287 e. The van der Waals surface area contributed by atoms with Crippen LogP contribution >= 0.6 is 24.0 Å². The molecule has 0 radical (unpaired) electrons. The number of halogens is 1. The van der Waals surface area contributed by atoms with Crippen molar-refractivity contribution in [2.45, 2.75) is 33.6 Å². The maximum Gasteiger partial charge on any atom is 0.287 e. The third kappa shape index (κ3) is 8.83. The molecule has 0 unspecified atom stereocenters. The molecule has 1 heterocycles. The molecule has 0 aliphatic heterocycles.